The largest absolute Gasteiger partial charge is 0.322 e. The van der Waals surface area contributed by atoms with Crippen LogP contribution < -0.4 is 10.6 Å². The minimum Gasteiger partial charge on any atom is -0.322 e. The van der Waals surface area contributed by atoms with Crippen LogP contribution in [0.5, 0.6) is 0 Å². The molecule has 2 amide bonds. The molecule has 0 heterocycles. The van der Waals surface area contributed by atoms with Gasteiger partial charge in [0.2, 0.25) is 5.91 Å². The summed E-state index contributed by atoms with van der Waals surface area (Å²) in [6.07, 6.45) is 1.65. The van der Waals surface area contributed by atoms with Crippen molar-refractivity contribution in [3.05, 3.63) is 71.4 Å². The standard InChI is InChI=1S/C18H18N2O2/c1-13-7-6-10-16(11-13)20-18(22)17(19-14(2)21)12-15-8-4-3-5-9-15/h3-12H,1-2H3,(H,19,21)(H,20,22). The van der Waals surface area contributed by atoms with Gasteiger partial charge in [-0.05, 0) is 36.3 Å². The van der Waals surface area contributed by atoms with Crippen LogP contribution in [-0.4, -0.2) is 11.8 Å². The predicted molar refractivity (Wildman–Crippen MR) is 88.0 cm³/mol. The van der Waals surface area contributed by atoms with Crippen LogP contribution in [0.3, 0.4) is 0 Å². The van der Waals surface area contributed by atoms with Crippen molar-refractivity contribution in [3.8, 4) is 0 Å². The molecule has 0 atom stereocenters. The summed E-state index contributed by atoms with van der Waals surface area (Å²) in [4.78, 5) is 23.7. The Morgan fingerprint density at radius 3 is 2.36 bits per heavy atom. The Balaban J connectivity index is 2.23. The first-order chi connectivity index (χ1) is 10.5. The fraction of sp³-hybridized carbons (Fsp3) is 0.111. The van der Waals surface area contributed by atoms with Crippen molar-refractivity contribution in [1.29, 1.82) is 0 Å². The molecule has 2 N–H and O–H groups in total. The fourth-order valence-corrected chi connectivity index (χ4v) is 1.99. The average molecular weight is 294 g/mol. The van der Waals surface area contributed by atoms with E-state index in [-0.39, 0.29) is 17.5 Å². The molecule has 0 bridgehead atoms. The van der Waals surface area contributed by atoms with Gasteiger partial charge in [0.15, 0.2) is 0 Å². The number of nitrogens with one attached hydrogen (secondary N) is 2. The van der Waals surface area contributed by atoms with Crippen molar-refractivity contribution in [2.45, 2.75) is 13.8 Å². The van der Waals surface area contributed by atoms with Gasteiger partial charge in [0, 0.05) is 12.6 Å². The van der Waals surface area contributed by atoms with E-state index in [1.54, 1.807) is 12.1 Å². The molecule has 2 rings (SSSR count). The normalized spacial score (nSPS) is 10.9. The Kier molecular flexibility index (Phi) is 5.09. The van der Waals surface area contributed by atoms with E-state index in [0.29, 0.717) is 5.69 Å². The van der Waals surface area contributed by atoms with Gasteiger partial charge in [-0.25, -0.2) is 0 Å². The first-order valence-electron chi connectivity index (χ1n) is 6.97. The molecule has 22 heavy (non-hydrogen) atoms. The van der Waals surface area contributed by atoms with Crippen LogP contribution >= 0.6 is 0 Å². The van der Waals surface area contributed by atoms with E-state index >= 15 is 0 Å². The second-order valence-electron chi connectivity index (χ2n) is 4.97. The topological polar surface area (TPSA) is 58.2 Å². The van der Waals surface area contributed by atoms with Gasteiger partial charge in [-0.1, -0.05) is 42.5 Å². The average Bonchev–Trinajstić information content (AvgIpc) is 2.47. The Hall–Kier alpha value is -2.88. The highest BCUT2D eigenvalue weighted by atomic mass is 16.2. The number of carbonyl (C=O) groups is 2. The van der Waals surface area contributed by atoms with Crippen LogP contribution in [0, 0.1) is 6.92 Å². The summed E-state index contributed by atoms with van der Waals surface area (Å²) in [6.45, 7) is 3.32. The molecular formula is C18H18N2O2. The lowest BCUT2D eigenvalue weighted by Gasteiger charge is -2.10. The van der Waals surface area contributed by atoms with Crippen LogP contribution in [0.2, 0.25) is 0 Å². The first kappa shape index (κ1) is 15.5. The molecule has 0 unspecified atom stereocenters. The lowest BCUT2D eigenvalue weighted by molar-refractivity contribution is -0.120. The predicted octanol–water partition coefficient (Wildman–Crippen LogP) is 3.11. The van der Waals surface area contributed by atoms with Crippen LogP contribution in [-0.2, 0) is 9.59 Å². The molecule has 0 aromatic heterocycles. The van der Waals surface area contributed by atoms with Crippen LogP contribution in [0.1, 0.15) is 18.1 Å². The van der Waals surface area contributed by atoms with Gasteiger partial charge in [0.25, 0.3) is 5.91 Å². The van der Waals surface area contributed by atoms with Gasteiger partial charge in [-0.2, -0.15) is 0 Å². The number of amides is 2. The Labute approximate surface area is 129 Å². The summed E-state index contributed by atoms with van der Waals surface area (Å²) in [7, 11) is 0. The van der Waals surface area contributed by atoms with Gasteiger partial charge in [0.05, 0.1) is 0 Å². The zero-order valence-electron chi connectivity index (χ0n) is 12.6. The zero-order chi connectivity index (χ0) is 15.9. The lowest BCUT2D eigenvalue weighted by atomic mass is 10.1. The summed E-state index contributed by atoms with van der Waals surface area (Å²) in [5.74, 6) is -0.647. The van der Waals surface area contributed by atoms with Gasteiger partial charge in [-0.15, -0.1) is 0 Å². The van der Waals surface area contributed by atoms with Gasteiger partial charge in [0.1, 0.15) is 5.70 Å². The van der Waals surface area contributed by atoms with E-state index in [9.17, 15) is 9.59 Å². The maximum atomic E-state index is 12.4. The molecule has 0 radical (unpaired) electrons. The van der Waals surface area contributed by atoms with Crippen molar-refractivity contribution in [2.24, 2.45) is 0 Å². The molecule has 4 heteroatoms. The van der Waals surface area contributed by atoms with E-state index in [2.05, 4.69) is 10.6 Å². The van der Waals surface area contributed by atoms with Crippen LogP contribution in [0.4, 0.5) is 5.69 Å². The molecule has 0 saturated carbocycles. The summed E-state index contributed by atoms with van der Waals surface area (Å²) < 4.78 is 0. The first-order valence-corrected chi connectivity index (χ1v) is 6.97. The highest BCUT2D eigenvalue weighted by molar-refractivity contribution is 6.08. The van der Waals surface area contributed by atoms with Crippen molar-refractivity contribution >= 4 is 23.6 Å². The third kappa shape index (κ3) is 4.59. The minimum atomic E-state index is -0.357. The van der Waals surface area contributed by atoms with E-state index in [1.165, 1.54) is 6.92 Å². The van der Waals surface area contributed by atoms with E-state index in [1.807, 2.05) is 55.5 Å². The van der Waals surface area contributed by atoms with Gasteiger partial charge >= 0.3 is 0 Å². The monoisotopic (exact) mass is 294 g/mol. The molecule has 112 valence electrons. The van der Waals surface area contributed by atoms with E-state index in [0.717, 1.165) is 11.1 Å². The number of rotatable bonds is 4. The number of hydrogen-bond acceptors (Lipinski definition) is 2. The molecule has 0 aliphatic carbocycles. The maximum Gasteiger partial charge on any atom is 0.272 e. The molecule has 2 aromatic carbocycles. The van der Waals surface area contributed by atoms with Crippen molar-refractivity contribution in [2.75, 3.05) is 5.32 Å². The third-order valence-corrected chi connectivity index (χ3v) is 2.94. The second kappa shape index (κ2) is 7.22. The zero-order valence-corrected chi connectivity index (χ0v) is 12.6. The second-order valence-corrected chi connectivity index (χ2v) is 4.97. The summed E-state index contributed by atoms with van der Waals surface area (Å²) in [5, 5.41) is 5.36. The number of hydrogen-bond donors (Lipinski definition) is 2. The van der Waals surface area contributed by atoms with Crippen LogP contribution in [0.15, 0.2) is 60.3 Å². The van der Waals surface area contributed by atoms with Crippen molar-refractivity contribution < 1.29 is 9.59 Å². The quantitative estimate of drug-likeness (QED) is 0.851. The molecule has 0 saturated heterocycles. The number of anilines is 1. The van der Waals surface area contributed by atoms with Crippen molar-refractivity contribution in [1.82, 2.24) is 5.32 Å². The maximum absolute atomic E-state index is 12.4. The molecule has 4 nitrogen and oxygen atoms in total. The number of aryl methyl sites for hydroxylation is 1. The summed E-state index contributed by atoms with van der Waals surface area (Å²) in [5.41, 5.74) is 2.78. The molecule has 0 spiro atoms. The third-order valence-electron chi connectivity index (χ3n) is 2.94. The molecule has 2 aromatic rings. The Morgan fingerprint density at radius 2 is 1.73 bits per heavy atom. The fourth-order valence-electron chi connectivity index (χ4n) is 1.99. The SMILES string of the molecule is CC(=O)NC(=Cc1ccccc1)C(=O)Nc1cccc(C)c1. The molecular weight excluding hydrogens is 276 g/mol. The lowest BCUT2D eigenvalue weighted by Crippen LogP contribution is -2.28. The minimum absolute atomic E-state index is 0.209. The summed E-state index contributed by atoms with van der Waals surface area (Å²) >= 11 is 0. The Bertz CT molecular complexity index is 706. The van der Waals surface area contributed by atoms with Crippen molar-refractivity contribution in [3.63, 3.8) is 0 Å². The van der Waals surface area contributed by atoms with Crippen LogP contribution in [0.25, 0.3) is 6.08 Å². The highest BCUT2D eigenvalue weighted by Crippen LogP contribution is 2.12. The molecule has 0 fully saturated rings. The van der Waals surface area contributed by atoms with Gasteiger partial charge < -0.3 is 10.6 Å². The number of carbonyl (C=O) groups excluding carboxylic acids is 2. The highest BCUT2D eigenvalue weighted by Gasteiger charge is 2.11. The van der Waals surface area contributed by atoms with E-state index in [4.69, 9.17) is 0 Å². The molecule has 0 aliphatic heterocycles. The molecule has 0 aliphatic rings. The number of benzene rings is 2. The Morgan fingerprint density at radius 1 is 1.00 bits per heavy atom. The van der Waals surface area contributed by atoms with E-state index < -0.39 is 0 Å². The summed E-state index contributed by atoms with van der Waals surface area (Å²) in [6, 6.07) is 16.8. The van der Waals surface area contributed by atoms with Gasteiger partial charge in [-0.3, -0.25) is 9.59 Å². The smallest absolute Gasteiger partial charge is 0.272 e.